The van der Waals surface area contributed by atoms with Gasteiger partial charge in [-0.3, -0.25) is 0 Å². The van der Waals surface area contributed by atoms with Crippen molar-refractivity contribution < 1.29 is 13.9 Å². The fourth-order valence-corrected chi connectivity index (χ4v) is 2.44. The number of halogens is 3. The van der Waals surface area contributed by atoms with Gasteiger partial charge in [0, 0.05) is 6.54 Å². The van der Waals surface area contributed by atoms with Gasteiger partial charge in [0.1, 0.15) is 0 Å². The minimum Gasteiger partial charge on any atom is -0.504 e. The molecule has 0 radical (unpaired) electrons. The van der Waals surface area contributed by atoms with Crippen LogP contribution in [0.3, 0.4) is 0 Å². The molecule has 2 N–H and O–H groups in total. The highest BCUT2D eigenvalue weighted by molar-refractivity contribution is 9.10. The van der Waals surface area contributed by atoms with E-state index in [0.717, 1.165) is 19.4 Å². The van der Waals surface area contributed by atoms with E-state index in [1.165, 1.54) is 6.07 Å². The van der Waals surface area contributed by atoms with Gasteiger partial charge < -0.3 is 10.4 Å². The van der Waals surface area contributed by atoms with Gasteiger partial charge >= 0.3 is 0 Å². The first-order valence-electron chi connectivity index (χ1n) is 5.18. The van der Waals surface area contributed by atoms with Crippen LogP contribution in [0, 0.1) is 11.6 Å². The summed E-state index contributed by atoms with van der Waals surface area (Å²) in [4.78, 5) is 0. The fraction of sp³-hybridized carbons (Fsp3) is 0.455. The van der Waals surface area contributed by atoms with E-state index in [1.54, 1.807) is 0 Å². The van der Waals surface area contributed by atoms with Crippen LogP contribution in [-0.2, 0) is 0 Å². The Kier molecular flexibility index (Phi) is 3.44. The van der Waals surface area contributed by atoms with Crippen LogP contribution in [0.15, 0.2) is 10.5 Å². The first-order chi connectivity index (χ1) is 7.61. The predicted molar refractivity (Wildman–Crippen MR) is 60.6 cm³/mol. The zero-order valence-corrected chi connectivity index (χ0v) is 10.2. The Hall–Kier alpha value is -0.680. The molecule has 1 fully saturated rings. The summed E-state index contributed by atoms with van der Waals surface area (Å²) in [6.07, 6.45) is 1.78. The molecule has 1 unspecified atom stereocenters. The lowest BCUT2D eigenvalue weighted by molar-refractivity contribution is 0.389. The van der Waals surface area contributed by atoms with E-state index in [1.807, 2.05) is 0 Å². The van der Waals surface area contributed by atoms with Gasteiger partial charge in [0.2, 0.25) is 5.82 Å². The molecule has 1 heterocycles. The number of benzene rings is 1. The van der Waals surface area contributed by atoms with Gasteiger partial charge in [0.05, 0.1) is 4.47 Å². The van der Waals surface area contributed by atoms with Crippen molar-refractivity contribution in [3.8, 4) is 5.75 Å². The normalized spacial score (nSPS) is 21.1. The molecule has 1 aliphatic rings. The number of phenols is 1. The van der Waals surface area contributed by atoms with Crippen molar-refractivity contribution in [1.29, 1.82) is 0 Å². The Balaban J connectivity index is 2.40. The van der Waals surface area contributed by atoms with Crippen LogP contribution in [-0.4, -0.2) is 18.2 Å². The van der Waals surface area contributed by atoms with Crippen LogP contribution in [0.4, 0.5) is 8.78 Å². The summed E-state index contributed by atoms with van der Waals surface area (Å²) in [5.74, 6) is -2.80. The van der Waals surface area contributed by atoms with E-state index >= 15 is 0 Å². The molecule has 2 rings (SSSR count). The predicted octanol–water partition coefficient (Wildman–Crippen LogP) is 2.90. The highest BCUT2D eigenvalue weighted by Gasteiger charge is 2.24. The van der Waals surface area contributed by atoms with Crippen molar-refractivity contribution in [2.24, 2.45) is 0 Å². The Labute approximate surface area is 101 Å². The molecule has 0 bridgehead atoms. The molecule has 1 aromatic carbocycles. The van der Waals surface area contributed by atoms with Crippen LogP contribution in [0.1, 0.15) is 24.3 Å². The molecule has 0 aromatic heterocycles. The summed E-state index contributed by atoms with van der Waals surface area (Å²) in [6.45, 7) is 1.56. The van der Waals surface area contributed by atoms with Crippen molar-refractivity contribution in [3.05, 3.63) is 27.7 Å². The summed E-state index contributed by atoms with van der Waals surface area (Å²) in [5.41, 5.74) is 0.328. The molecule has 5 heteroatoms. The van der Waals surface area contributed by atoms with Gasteiger partial charge in [-0.15, -0.1) is 0 Å². The minimum atomic E-state index is -1.17. The molecule has 1 aliphatic heterocycles. The number of hydrogen-bond acceptors (Lipinski definition) is 2. The van der Waals surface area contributed by atoms with Crippen LogP contribution >= 0.6 is 15.9 Å². The van der Waals surface area contributed by atoms with Crippen molar-refractivity contribution in [1.82, 2.24) is 5.32 Å². The Bertz CT molecular complexity index is 405. The molecule has 0 saturated carbocycles. The van der Waals surface area contributed by atoms with Gasteiger partial charge in [-0.1, -0.05) is 0 Å². The summed E-state index contributed by atoms with van der Waals surface area (Å²) >= 11 is 3.02. The number of aromatic hydroxyl groups is 1. The fourth-order valence-electron chi connectivity index (χ4n) is 2.02. The zero-order chi connectivity index (χ0) is 11.7. The third-order valence-corrected chi connectivity index (χ3v) is 3.50. The summed E-state index contributed by atoms with van der Waals surface area (Å²) < 4.78 is 27.2. The van der Waals surface area contributed by atoms with E-state index in [0.29, 0.717) is 12.1 Å². The maximum Gasteiger partial charge on any atom is 0.201 e. The summed E-state index contributed by atoms with van der Waals surface area (Å²) in [5, 5.41) is 12.4. The summed E-state index contributed by atoms with van der Waals surface area (Å²) in [6, 6.07) is 1.46. The van der Waals surface area contributed by atoms with Gasteiger partial charge in [-0.25, -0.2) is 4.39 Å². The van der Waals surface area contributed by atoms with Crippen molar-refractivity contribution in [2.45, 2.75) is 18.8 Å². The average molecular weight is 292 g/mol. The standard InChI is InChI=1S/C11H12BrF2NO/c12-8-4-7(6-2-1-3-15-5-6)9(13)10(14)11(8)16/h4,6,15-16H,1-3,5H2. The zero-order valence-electron chi connectivity index (χ0n) is 8.56. The van der Waals surface area contributed by atoms with Crippen LogP contribution < -0.4 is 5.32 Å². The van der Waals surface area contributed by atoms with E-state index in [2.05, 4.69) is 21.2 Å². The van der Waals surface area contributed by atoms with E-state index in [-0.39, 0.29) is 10.4 Å². The minimum absolute atomic E-state index is 0.0276. The Morgan fingerprint density at radius 2 is 2.12 bits per heavy atom. The number of piperidine rings is 1. The molecule has 1 aromatic rings. The van der Waals surface area contributed by atoms with Crippen LogP contribution in [0.5, 0.6) is 5.75 Å². The molecule has 0 amide bonds. The van der Waals surface area contributed by atoms with Gasteiger partial charge in [-0.2, -0.15) is 4.39 Å². The topological polar surface area (TPSA) is 32.3 Å². The largest absolute Gasteiger partial charge is 0.504 e. The average Bonchev–Trinajstić information content (AvgIpc) is 2.32. The van der Waals surface area contributed by atoms with Gasteiger partial charge in [0.25, 0.3) is 0 Å². The van der Waals surface area contributed by atoms with E-state index in [9.17, 15) is 13.9 Å². The smallest absolute Gasteiger partial charge is 0.201 e. The summed E-state index contributed by atoms with van der Waals surface area (Å²) in [7, 11) is 0. The number of phenolic OH excluding ortho intramolecular Hbond substituents is 1. The maximum atomic E-state index is 13.6. The molecule has 2 nitrogen and oxygen atoms in total. The third kappa shape index (κ3) is 2.06. The second-order valence-corrected chi connectivity index (χ2v) is 4.82. The van der Waals surface area contributed by atoms with Gasteiger partial charge in [-0.05, 0) is 52.9 Å². The van der Waals surface area contributed by atoms with Crippen LogP contribution in [0.25, 0.3) is 0 Å². The Morgan fingerprint density at radius 3 is 2.75 bits per heavy atom. The SMILES string of the molecule is Oc1c(Br)cc(C2CCCNC2)c(F)c1F. The molecule has 1 saturated heterocycles. The van der Waals surface area contributed by atoms with E-state index in [4.69, 9.17) is 0 Å². The molecular formula is C11H12BrF2NO. The van der Waals surface area contributed by atoms with Gasteiger partial charge in [0.15, 0.2) is 11.6 Å². The maximum absolute atomic E-state index is 13.6. The lowest BCUT2D eigenvalue weighted by atomic mass is 9.91. The third-order valence-electron chi connectivity index (χ3n) is 2.90. The van der Waals surface area contributed by atoms with Crippen molar-refractivity contribution >= 4 is 15.9 Å². The first-order valence-corrected chi connectivity index (χ1v) is 5.97. The lowest BCUT2D eigenvalue weighted by Gasteiger charge is -2.24. The van der Waals surface area contributed by atoms with E-state index < -0.39 is 17.4 Å². The number of nitrogens with one attached hydrogen (secondary N) is 1. The molecule has 0 aliphatic carbocycles. The monoisotopic (exact) mass is 291 g/mol. The molecular weight excluding hydrogens is 280 g/mol. The highest BCUT2D eigenvalue weighted by atomic mass is 79.9. The van der Waals surface area contributed by atoms with Crippen molar-refractivity contribution in [2.75, 3.05) is 13.1 Å². The highest BCUT2D eigenvalue weighted by Crippen LogP contribution is 2.35. The Morgan fingerprint density at radius 1 is 1.38 bits per heavy atom. The quantitative estimate of drug-likeness (QED) is 0.780. The van der Waals surface area contributed by atoms with Crippen molar-refractivity contribution in [3.63, 3.8) is 0 Å². The molecule has 16 heavy (non-hydrogen) atoms. The lowest BCUT2D eigenvalue weighted by Crippen LogP contribution is -2.29. The first kappa shape index (κ1) is 11.8. The number of hydrogen-bond donors (Lipinski definition) is 2. The second-order valence-electron chi connectivity index (χ2n) is 3.97. The molecule has 1 atom stereocenters. The van der Waals surface area contributed by atoms with Crippen LogP contribution in [0.2, 0.25) is 0 Å². The number of rotatable bonds is 1. The molecule has 0 spiro atoms. The molecule has 88 valence electrons. The second kappa shape index (κ2) is 4.67.